The van der Waals surface area contributed by atoms with Gasteiger partial charge in [-0.1, -0.05) is 174 Å². The second kappa shape index (κ2) is 16.7. The molecule has 1 fully saturated rings. The summed E-state index contributed by atoms with van der Waals surface area (Å²) in [6.07, 6.45) is 3.89. The third kappa shape index (κ3) is 7.36. The van der Waals surface area contributed by atoms with E-state index in [2.05, 4.69) is 201 Å². The lowest BCUT2D eigenvalue weighted by molar-refractivity contribution is 0.721. The van der Waals surface area contributed by atoms with Crippen molar-refractivity contribution in [3.63, 3.8) is 0 Å². The fourth-order valence-electron chi connectivity index (χ4n) is 9.06. The summed E-state index contributed by atoms with van der Waals surface area (Å²) in [7, 11) is 0. The number of aromatic nitrogens is 1. The van der Waals surface area contributed by atoms with Crippen LogP contribution in [0, 0.1) is 0 Å². The number of nitrogens with zero attached hydrogens (tertiary/aromatic N) is 1. The van der Waals surface area contributed by atoms with Crippen molar-refractivity contribution in [3.05, 3.63) is 196 Å². The summed E-state index contributed by atoms with van der Waals surface area (Å²) in [4.78, 5) is 5.44. The van der Waals surface area contributed by atoms with Gasteiger partial charge in [-0.05, 0) is 129 Å². The molecular weight excluding hydrogens is 836 g/mol. The van der Waals surface area contributed by atoms with Gasteiger partial charge in [0.15, 0.2) is 0 Å². The van der Waals surface area contributed by atoms with Gasteiger partial charge in [0, 0.05) is 36.7 Å². The van der Waals surface area contributed by atoms with Gasteiger partial charge >= 0.3 is 0 Å². The summed E-state index contributed by atoms with van der Waals surface area (Å²) in [5.41, 5.74) is 13.8. The van der Waals surface area contributed by atoms with Crippen LogP contribution in [-0.4, -0.2) is 4.98 Å². The fraction of sp³-hybridized carbons (Fsp3) is 0.130. The average Bonchev–Trinajstić information content (AvgIpc) is 3.89. The molecule has 0 radical (unpaired) electrons. The number of fused-ring (bicyclic) bond motifs is 12. The molecule has 2 aliphatic rings. The van der Waals surface area contributed by atoms with Gasteiger partial charge < -0.3 is 5.32 Å². The molecule has 1 N–H and O–H groups in total. The van der Waals surface area contributed by atoms with Crippen LogP contribution >= 0.6 is 31.9 Å². The van der Waals surface area contributed by atoms with Gasteiger partial charge in [0.05, 0.1) is 11.2 Å². The molecule has 2 unspecified atom stereocenters. The molecule has 8 aromatic carbocycles. The lowest BCUT2D eigenvalue weighted by Crippen LogP contribution is -2.05. The first-order valence-electron chi connectivity index (χ1n) is 19.4. The molecule has 0 aliphatic heterocycles. The largest absolute Gasteiger partial charge is 0.356 e. The van der Waals surface area contributed by atoms with Crippen molar-refractivity contribution in [1.29, 1.82) is 0 Å². The number of nitrogens with one attached hydrogen (secondary N) is 1. The summed E-state index contributed by atoms with van der Waals surface area (Å²) < 4.78 is 2.24. The predicted molar refractivity (Wildman–Crippen MR) is 257 cm³/mol. The molecular formula is C54H46Br2N2. The highest BCUT2D eigenvalue weighted by Gasteiger charge is 2.41. The molecule has 0 saturated heterocycles. The molecule has 2 bridgehead atoms. The van der Waals surface area contributed by atoms with E-state index in [-0.39, 0.29) is 14.9 Å². The van der Waals surface area contributed by atoms with E-state index >= 15 is 0 Å². The molecule has 2 aliphatic carbocycles. The molecule has 1 saturated carbocycles. The van der Waals surface area contributed by atoms with Crippen LogP contribution in [-0.2, 0) is 0 Å². The Morgan fingerprint density at radius 3 is 1.50 bits per heavy atom. The molecule has 11 rings (SSSR count). The topological polar surface area (TPSA) is 24.9 Å². The summed E-state index contributed by atoms with van der Waals surface area (Å²) in [6.45, 7) is 0. The van der Waals surface area contributed by atoms with Crippen LogP contribution in [0.5, 0.6) is 0 Å². The molecule has 1 aromatic heterocycles. The maximum Gasteiger partial charge on any atom is 0.0797 e. The average molecular weight is 883 g/mol. The summed E-state index contributed by atoms with van der Waals surface area (Å²) in [5.74, 6) is 1.31. The van der Waals surface area contributed by atoms with Crippen molar-refractivity contribution in [3.8, 4) is 33.5 Å². The summed E-state index contributed by atoms with van der Waals surface area (Å²) in [5, 5.41) is 10.1. The molecule has 58 heavy (non-hydrogen) atoms. The second-order valence-corrected chi connectivity index (χ2v) is 16.8. The van der Waals surface area contributed by atoms with E-state index in [1.807, 2.05) is 12.1 Å². The van der Waals surface area contributed by atoms with Gasteiger partial charge in [0.25, 0.3) is 0 Å². The van der Waals surface area contributed by atoms with E-state index in [4.69, 9.17) is 4.98 Å². The maximum absolute atomic E-state index is 5.44. The minimum absolute atomic E-state index is 0. The minimum atomic E-state index is 0. The molecule has 0 spiro atoms. The third-order valence-corrected chi connectivity index (χ3v) is 12.7. The Morgan fingerprint density at radius 2 is 0.914 bits per heavy atom. The van der Waals surface area contributed by atoms with Crippen LogP contribution in [0.25, 0.3) is 66.0 Å². The third-order valence-electron chi connectivity index (χ3n) is 11.6. The zero-order valence-electron chi connectivity index (χ0n) is 30.7. The van der Waals surface area contributed by atoms with Crippen molar-refractivity contribution in [2.45, 2.75) is 46.0 Å². The van der Waals surface area contributed by atoms with E-state index in [9.17, 15) is 0 Å². The van der Waals surface area contributed by atoms with Gasteiger partial charge in [-0.25, -0.2) is 4.98 Å². The molecule has 1 heterocycles. The lowest BCUT2D eigenvalue weighted by atomic mass is 9.83. The smallest absolute Gasteiger partial charge is 0.0797 e. The van der Waals surface area contributed by atoms with E-state index < -0.39 is 0 Å². The highest BCUT2D eigenvalue weighted by molar-refractivity contribution is 9.10. The normalized spacial score (nSPS) is 14.9. The standard InChI is InChI=1S/C28H19Br2N.C24H19N.2CH4/c29-18-9-7-15(8-10-18)27-25-17-6-5-16(13-17)24(25)26-21-12-11-19(30)14-23(21)20-3-1-2-4-22(20)28(26)31-27;1-3-7-19(8-4-1)21-11-15-23(16-12-21)25-24-17-13-22(14-18-24)20-9-5-2-6-10-20;;/h1-4,7-12,14,16-17H,5-6,13H2;1-18,25H;2*1H4. The number of anilines is 2. The summed E-state index contributed by atoms with van der Waals surface area (Å²) in [6, 6.07) is 62.1. The Balaban J connectivity index is 0.000000160. The minimum Gasteiger partial charge on any atom is -0.356 e. The highest BCUT2D eigenvalue weighted by Crippen LogP contribution is 2.58. The first-order valence-corrected chi connectivity index (χ1v) is 21.0. The SMILES string of the molecule is Brc1ccc(-c2nc3c4ccccc4c4cc(Br)ccc4c3c3c2C2CCC3C2)cc1.C.C.c1ccc(-c2ccc(Nc3ccc(-c4ccccc4)cc3)cc2)cc1. The lowest BCUT2D eigenvalue weighted by Gasteiger charge is -2.23. The van der Waals surface area contributed by atoms with Crippen LogP contribution < -0.4 is 5.32 Å². The van der Waals surface area contributed by atoms with E-state index in [1.54, 1.807) is 5.56 Å². The first-order chi connectivity index (χ1) is 27.6. The number of benzene rings is 8. The van der Waals surface area contributed by atoms with Crippen molar-refractivity contribution in [2.75, 3.05) is 5.32 Å². The molecule has 2 atom stereocenters. The molecule has 286 valence electrons. The van der Waals surface area contributed by atoms with Gasteiger partial charge in [0.1, 0.15) is 0 Å². The van der Waals surface area contributed by atoms with Crippen LogP contribution in [0.1, 0.15) is 57.1 Å². The van der Waals surface area contributed by atoms with Crippen molar-refractivity contribution < 1.29 is 0 Å². The number of hydrogen-bond acceptors (Lipinski definition) is 2. The number of hydrogen-bond donors (Lipinski definition) is 1. The Hall–Kier alpha value is -5.55. The molecule has 9 aromatic rings. The Kier molecular flexibility index (Phi) is 11.3. The quantitative estimate of drug-likeness (QED) is 0.174. The van der Waals surface area contributed by atoms with E-state index in [0.717, 1.165) is 25.8 Å². The zero-order valence-corrected chi connectivity index (χ0v) is 33.9. The monoisotopic (exact) mass is 880 g/mol. The maximum atomic E-state index is 5.44. The molecule has 0 amide bonds. The van der Waals surface area contributed by atoms with Crippen LogP contribution in [0.4, 0.5) is 11.4 Å². The Labute approximate surface area is 359 Å². The van der Waals surface area contributed by atoms with Gasteiger partial charge in [-0.2, -0.15) is 0 Å². The number of halogens is 2. The number of rotatable bonds is 5. The van der Waals surface area contributed by atoms with Crippen LogP contribution in [0.2, 0.25) is 0 Å². The van der Waals surface area contributed by atoms with E-state index in [1.165, 1.54) is 85.3 Å². The Bertz CT molecular complexity index is 2770. The number of pyridine rings is 1. The van der Waals surface area contributed by atoms with Crippen LogP contribution in [0.15, 0.2) is 185 Å². The van der Waals surface area contributed by atoms with Gasteiger partial charge in [-0.3, -0.25) is 0 Å². The molecule has 2 nitrogen and oxygen atoms in total. The van der Waals surface area contributed by atoms with Crippen molar-refractivity contribution >= 4 is 75.7 Å². The first kappa shape index (κ1) is 39.3. The Morgan fingerprint density at radius 1 is 0.431 bits per heavy atom. The predicted octanol–water partition coefficient (Wildman–Crippen LogP) is 17.1. The molecule has 4 heteroatoms. The van der Waals surface area contributed by atoms with Crippen molar-refractivity contribution in [1.82, 2.24) is 4.98 Å². The second-order valence-electron chi connectivity index (χ2n) is 15.0. The van der Waals surface area contributed by atoms with Gasteiger partial charge in [-0.15, -0.1) is 0 Å². The van der Waals surface area contributed by atoms with Crippen LogP contribution in [0.3, 0.4) is 0 Å². The zero-order chi connectivity index (χ0) is 37.6. The summed E-state index contributed by atoms with van der Waals surface area (Å²) >= 11 is 7.30. The van der Waals surface area contributed by atoms with Crippen molar-refractivity contribution in [2.24, 2.45) is 0 Å². The fourth-order valence-corrected chi connectivity index (χ4v) is 9.68. The van der Waals surface area contributed by atoms with E-state index in [0.29, 0.717) is 11.8 Å². The highest BCUT2D eigenvalue weighted by atomic mass is 79.9. The van der Waals surface area contributed by atoms with Gasteiger partial charge in [0.2, 0.25) is 0 Å².